The number of benzene rings is 1. The van der Waals surface area contributed by atoms with E-state index in [9.17, 15) is 9.90 Å². The van der Waals surface area contributed by atoms with Gasteiger partial charge >= 0.3 is 0 Å². The molecule has 1 aromatic carbocycles. The van der Waals surface area contributed by atoms with Crippen molar-refractivity contribution in [3.05, 3.63) is 28.8 Å². The summed E-state index contributed by atoms with van der Waals surface area (Å²) < 4.78 is 0. The molecule has 0 amide bonds. The Labute approximate surface area is 70.8 Å². The first-order valence-corrected chi connectivity index (χ1v) is 4.05. The van der Waals surface area contributed by atoms with Crippen molar-refractivity contribution in [2.75, 3.05) is 0 Å². The van der Waals surface area contributed by atoms with Gasteiger partial charge in [-0.2, -0.15) is 0 Å². The van der Waals surface area contributed by atoms with E-state index in [-0.39, 0.29) is 5.78 Å². The fourth-order valence-corrected chi connectivity index (χ4v) is 1.70. The molecule has 0 fully saturated rings. The Balaban J connectivity index is 2.68. The predicted octanol–water partition coefficient (Wildman–Crippen LogP) is 1.83. The number of Topliss-reactive ketones (excluding diaryl/α,β-unsaturated/α-hetero) is 1. The van der Waals surface area contributed by atoms with E-state index < -0.39 is 0 Å². The molecular formula is C10H10O2. The summed E-state index contributed by atoms with van der Waals surface area (Å²) in [5, 5.41) is 9.36. The summed E-state index contributed by atoms with van der Waals surface area (Å²) >= 11 is 0. The van der Waals surface area contributed by atoms with Gasteiger partial charge in [-0.05, 0) is 36.6 Å². The second-order valence-corrected chi connectivity index (χ2v) is 3.16. The molecule has 2 heteroatoms. The number of carbonyl (C=O) groups excluding carboxylic acids is 1. The molecule has 1 aromatic rings. The zero-order valence-electron chi connectivity index (χ0n) is 6.92. The molecule has 2 rings (SSSR count). The van der Waals surface area contributed by atoms with Crippen LogP contribution in [0.2, 0.25) is 0 Å². The molecule has 0 spiro atoms. The molecule has 0 heterocycles. The average Bonchev–Trinajstić information content (AvgIpc) is 2.41. The van der Waals surface area contributed by atoms with Crippen LogP contribution in [0.25, 0.3) is 0 Å². The molecule has 0 atom stereocenters. The smallest absolute Gasteiger partial charge is 0.163 e. The summed E-state index contributed by atoms with van der Waals surface area (Å²) in [6.45, 7) is 1.85. The molecule has 0 saturated carbocycles. The molecule has 0 radical (unpaired) electrons. The van der Waals surface area contributed by atoms with Crippen LogP contribution in [0.3, 0.4) is 0 Å². The molecule has 0 saturated heterocycles. The Bertz CT molecular complexity index is 353. The number of carbonyl (C=O) groups is 1. The van der Waals surface area contributed by atoms with E-state index in [1.54, 1.807) is 12.1 Å². The van der Waals surface area contributed by atoms with Crippen molar-refractivity contribution in [1.29, 1.82) is 0 Å². The van der Waals surface area contributed by atoms with Gasteiger partial charge in [-0.3, -0.25) is 4.79 Å². The van der Waals surface area contributed by atoms with Gasteiger partial charge in [-0.15, -0.1) is 0 Å². The first kappa shape index (κ1) is 7.35. The van der Waals surface area contributed by atoms with Crippen LogP contribution in [0.15, 0.2) is 12.1 Å². The van der Waals surface area contributed by atoms with Gasteiger partial charge in [0.05, 0.1) is 0 Å². The van der Waals surface area contributed by atoms with E-state index in [1.807, 2.05) is 6.92 Å². The van der Waals surface area contributed by atoms with E-state index in [2.05, 4.69) is 0 Å². The van der Waals surface area contributed by atoms with Crippen molar-refractivity contribution in [2.24, 2.45) is 0 Å². The molecule has 1 aliphatic carbocycles. The summed E-state index contributed by atoms with van der Waals surface area (Å²) in [6.07, 6.45) is 1.38. The Morgan fingerprint density at radius 2 is 2.08 bits per heavy atom. The zero-order valence-corrected chi connectivity index (χ0v) is 6.92. The van der Waals surface area contributed by atoms with Gasteiger partial charge < -0.3 is 5.11 Å². The van der Waals surface area contributed by atoms with Crippen molar-refractivity contribution < 1.29 is 9.90 Å². The number of hydrogen-bond donors (Lipinski definition) is 1. The van der Waals surface area contributed by atoms with Gasteiger partial charge in [-0.25, -0.2) is 0 Å². The molecule has 12 heavy (non-hydrogen) atoms. The van der Waals surface area contributed by atoms with Gasteiger partial charge in [-0.1, -0.05) is 0 Å². The second kappa shape index (κ2) is 2.34. The maximum Gasteiger partial charge on any atom is 0.163 e. The van der Waals surface area contributed by atoms with Gasteiger partial charge in [0.1, 0.15) is 5.75 Å². The summed E-state index contributed by atoms with van der Waals surface area (Å²) in [5.41, 5.74) is 2.68. The average molecular weight is 162 g/mol. The third-order valence-electron chi connectivity index (χ3n) is 2.47. The summed E-state index contributed by atoms with van der Waals surface area (Å²) in [5.74, 6) is 0.497. The van der Waals surface area contributed by atoms with Gasteiger partial charge in [0.2, 0.25) is 0 Å². The van der Waals surface area contributed by atoms with Crippen molar-refractivity contribution in [3.8, 4) is 5.75 Å². The number of ketones is 1. The van der Waals surface area contributed by atoms with Crippen molar-refractivity contribution in [2.45, 2.75) is 19.8 Å². The largest absolute Gasteiger partial charge is 0.508 e. The topological polar surface area (TPSA) is 37.3 Å². The minimum atomic E-state index is 0.202. The highest BCUT2D eigenvalue weighted by Gasteiger charge is 2.21. The number of rotatable bonds is 0. The Morgan fingerprint density at radius 3 is 2.83 bits per heavy atom. The Kier molecular flexibility index (Phi) is 1.43. The third-order valence-corrected chi connectivity index (χ3v) is 2.47. The van der Waals surface area contributed by atoms with Crippen LogP contribution in [0.5, 0.6) is 5.75 Å². The van der Waals surface area contributed by atoms with Crippen LogP contribution < -0.4 is 0 Å². The number of phenols is 1. The van der Waals surface area contributed by atoms with E-state index in [0.29, 0.717) is 12.2 Å². The standard InChI is InChI=1S/C10H10O2/c1-6-7-2-5-10(12)8(7)3-4-9(6)11/h3-4,11H,2,5H2,1H3. The SMILES string of the molecule is Cc1c(O)ccc2c1CCC2=O. The molecule has 0 bridgehead atoms. The van der Waals surface area contributed by atoms with Crippen LogP contribution in [-0.4, -0.2) is 10.9 Å². The van der Waals surface area contributed by atoms with Crippen molar-refractivity contribution in [3.63, 3.8) is 0 Å². The summed E-state index contributed by atoms with van der Waals surface area (Å²) in [4.78, 5) is 11.2. The van der Waals surface area contributed by atoms with Crippen LogP contribution >= 0.6 is 0 Å². The first-order valence-electron chi connectivity index (χ1n) is 4.05. The van der Waals surface area contributed by atoms with Crippen molar-refractivity contribution in [1.82, 2.24) is 0 Å². The fourth-order valence-electron chi connectivity index (χ4n) is 1.70. The number of aromatic hydroxyl groups is 1. The molecule has 0 aromatic heterocycles. The molecule has 0 aliphatic heterocycles. The lowest BCUT2D eigenvalue weighted by Crippen LogP contribution is -1.91. The van der Waals surface area contributed by atoms with Crippen LogP contribution in [0.4, 0.5) is 0 Å². The highest BCUT2D eigenvalue weighted by atomic mass is 16.3. The van der Waals surface area contributed by atoms with E-state index in [1.165, 1.54) is 0 Å². The quantitative estimate of drug-likeness (QED) is 0.631. The maximum absolute atomic E-state index is 11.2. The maximum atomic E-state index is 11.2. The summed E-state index contributed by atoms with van der Waals surface area (Å²) in [7, 11) is 0. The van der Waals surface area contributed by atoms with E-state index in [4.69, 9.17) is 0 Å². The number of phenolic OH excluding ortho intramolecular Hbond substituents is 1. The normalized spacial score (nSPS) is 14.9. The molecular weight excluding hydrogens is 152 g/mol. The van der Waals surface area contributed by atoms with Gasteiger partial charge in [0, 0.05) is 12.0 Å². The fraction of sp³-hybridized carbons (Fsp3) is 0.300. The van der Waals surface area contributed by atoms with Gasteiger partial charge in [0.15, 0.2) is 5.78 Å². The van der Waals surface area contributed by atoms with Crippen LogP contribution in [0, 0.1) is 6.92 Å². The van der Waals surface area contributed by atoms with Crippen LogP contribution in [-0.2, 0) is 6.42 Å². The highest BCUT2D eigenvalue weighted by Crippen LogP contribution is 2.30. The highest BCUT2D eigenvalue weighted by molar-refractivity contribution is 6.01. The lowest BCUT2D eigenvalue weighted by Gasteiger charge is -2.03. The summed E-state index contributed by atoms with van der Waals surface area (Å²) in [6, 6.07) is 3.31. The molecule has 1 aliphatic rings. The van der Waals surface area contributed by atoms with E-state index in [0.717, 1.165) is 23.1 Å². The molecule has 2 nitrogen and oxygen atoms in total. The second-order valence-electron chi connectivity index (χ2n) is 3.16. The van der Waals surface area contributed by atoms with Gasteiger partial charge in [0.25, 0.3) is 0 Å². The molecule has 62 valence electrons. The molecule has 0 unspecified atom stereocenters. The Hall–Kier alpha value is -1.31. The minimum Gasteiger partial charge on any atom is -0.508 e. The monoisotopic (exact) mass is 162 g/mol. The van der Waals surface area contributed by atoms with Crippen LogP contribution in [0.1, 0.15) is 27.9 Å². The minimum absolute atomic E-state index is 0.202. The third kappa shape index (κ3) is 0.843. The van der Waals surface area contributed by atoms with E-state index >= 15 is 0 Å². The lowest BCUT2D eigenvalue weighted by molar-refractivity contribution is 0.0994. The number of hydrogen-bond acceptors (Lipinski definition) is 2. The van der Waals surface area contributed by atoms with Crippen molar-refractivity contribution >= 4 is 5.78 Å². The molecule has 1 N–H and O–H groups in total. The Morgan fingerprint density at radius 1 is 1.33 bits per heavy atom. The lowest BCUT2D eigenvalue weighted by atomic mass is 10.0. The zero-order chi connectivity index (χ0) is 8.72. The predicted molar refractivity (Wildman–Crippen MR) is 45.5 cm³/mol. The number of fused-ring (bicyclic) bond motifs is 1. The first-order chi connectivity index (χ1) is 5.70.